The van der Waals surface area contributed by atoms with E-state index in [1.54, 1.807) is 0 Å². The van der Waals surface area contributed by atoms with Crippen molar-refractivity contribution in [2.45, 2.75) is 41.9 Å². The molecule has 1 N–H and O–H groups in total. The summed E-state index contributed by atoms with van der Waals surface area (Å²) in [5.74, 6) is 0.207. The number of hydrogen-bond donors (Lipinski definition) is 1. The zero-order chi connectivity index (χ0) is 9.85. The van der Waals surface area contributed by atoms with Crippen LogP contribution in [0.25, 0.3) is 0 Å². The number of carbonyl (C=O) groups is 1. The highest BCUT2D eigenvalue weighted by Gasteiger charge is 2.63. The molecule has 1 aliphatic heterocycles. The summed E-state index contributed by atoms with van der Waals surface area (Å²) >= 11 is 7.25. The summed E-state index contributed by atoms with van der Waals surface area (Å²) in [7, 11) is 0. The predicted molar refractivity (Wildman–Crippen MR) is 59.3 cm³/mol. The van der Waals surface area contributed by atoms with Crippen LogP contribution in [0.2, 0.25) is 0 Å². The maximum absolute atomic E-state index is 11.5. The minimum atomic E-state index is -0.161. The minimum absolute atomic E-state index is 0.00250. The zero-order valence-electron chi connectivity index (χ0n) is 7.73. The first-order valence-corrected chi connectivity index (χ1v) is 6.33. The van der Waals surface area contributed by atoms with Crippen LogP contribution in [-0.2, 0) is 4.79 Å². The number of amides is 1. The molecule has 1 amide bonds. The quantitative estimate of drug-likeness (QED) is 0.539. The highest BCUT2D eigenvalue weighted by atomic mass is 79.9. The maximum atomic E-state index is 11.5. The second-order valence-electron chi connectivity index (χ2n) is 4.56. The highest BCUT2D eigenvalue weighted by Crippen LogP contribution is 2.53. The molecule has 2 nitrogen and oxygen atoms in total. The average molecular weight is 311 g/mol. The fourth-order valence-corrected chi connectivity index (χ4v) is 4.01. The molecule has 2 rings (SSSR count). The largest absolute Gasteiger partial charge is 0.349 e. The van der Waals surface area contributed by atoms with E-state index in [1.807, 2.05) is 0 Å². The molecule has 0 bridgehead atoms. The Labute approximate surface area is 95.1 Å². The topological polar surface area (TPSA) is 29.1 Å². The van der Waals surface area contributed by atoms with Crippen LogP contribution in [0.5, 0.6) is 0 Å². The lowest BCUT2D eigenvalue weighted by molar-refractivity contribution is -0.157. The highest BCUT2D eigenvalue weighted by molar-refractivity contribution is 9.12. The number of alkyl halides is 2. The van der Waals surface area contributed by atoms with Crippen molar-refractivity contribution in [1.29, 1.82) is 0 Å². The lowest BCUT2D eigenvalue weighted by atomic mass is 9.56. The number of fused-ring (bicyclic) bond motifs is 1. The van der Waals surface area contributed by atoms with Crippen LogP contribution in [0.15, 0.2) is 0 Å². The molecule has 13 heavy (non-hydrogen) atoms. The Morgan fingerprint density at radius 3 is 2.38 bits per heavy atom. The number of nitrogens with one attached hydrogen (secondary N) is 1. The van der Waals surface area contributed by atoms with Crippen LogP contribution in [0.1, 0.15) is 26.7 Å². The van der Waals surface area contributed by atoms with Gasteiger partial charge >= 0.3 is 0 Å². The number of β-lactam (4-membered cyclic amide) rings is 1. The normalized spacial score (nSPS) is 54.9. The number of carbonyl (C=O) groups excluding carboxylic acids is 1. The van der Waals surface area contributed by atoms with E-state index in [4.69, 9.17) is 0 Å². The Kier molecular flexibility index (Phi) is 2.09. The lowest BCUT2D eigenvalue weighted by Gasteiger charge is -2.60. The molecule has 1 heterocycles. The van der Waals surface area contributed by atoms with E-state index in [1.165, 1.54) is 0 Å². The number of hydrogen-bond acceptors (Lipinski definition) is 1. The van der Waals surface area contributed by atoms with Gasteiger partial charge < -0.3 is 5.32 Å². The third-order valence-corrected chi connectivity index (χ3v) is 6.34. The van der Waals surface area contributed by atoms with Crippen molar-refractivity contribution in [2.75, 3.05) is 0 Å². The van der Waals surface area contributed by atoms with Gasteiger partial charge in [-0.1, -0.05) is 31.9 Å². The van der Waals surface area contributed by atoms with E-state index in [-0.39, 0.29) is 16.9 Å². The first-order valence-electron chi connectivity index (χ1n) is 4.50. The Morgan fingerprint density at radius 2 is 1.85 bits per heavy atom. The van der Waals surface area contributed by atoms with Crippen molar-refractivity contribution in [2.24, 2.45) is 5.41 Å². The molecule has 4 atom stereocenters. The van der Waals surface area contributed by atoms with Gasteiger partial charge in [-0.15, -0.1) is 0 Å². The van der Waals surface area contributed by atoms with Gasteiger partial charge in [-0.2, -0.15) is 0 Å². The molecule has 2 aliphatic rings. The molecule has 0 aromatic heterocycles. The Morgan fingerprint density at radius 1 is 1.31 bits per heavy atom. The lowest BCUT2D eigenvalue weighted by Crippen LogP contribution is -2.77. The molecule has 0 aromatic carbocycles. The van der Waals surface area contributed by atoms with Crippen molar-refractivity contribution in [3.05, 3.63) is 0 Å². The monoisotopic (exact) mass is 309 g/mol. The minimum Gasteiger partial charge on any atom is -0.349 e. The van der Waals surface area contributed by atoms with E-state index < -0.39 is 0 Å². The molecule has 4 heteroatoms. The third-order valence-electron chi connectivity index (χ3n) is 3.71. The van der Waals surface area contributed by atoms with Crippen molar-refractivity contribution in [3.8, 4) is 0 Å². The molecular formula is C9H13Br2NO. The van der Waals surface area contributed by atoms with Crippen LogP contribution in [0.4, 0.5) is 0 Å². The van der Waals surface area contributed by atoms with Gasteiger partial charge in [-0.3, -0.25) is 4.79 Å². The standard InChI is InChI=1S/C9H13Br2NO/c1-8-3-5(10)6(11)4-9(8,2)12-7(8)13/h5-6H,3-4H2,1-2H3,(H,12,13)/t5-,6+,8-,9-/m0/s1. The number of halogens is 2. The fourth-order valence-electron chi connectivity index (χ4n) is 2.34. The number of rotatable bonds is 0. The molecule has 2 fully saturated rings. The van der Waals surface area contributed by atoms with Crippen LogP contribution in [0.3, 0.4) is 0 Å². The van der Waals surface area contributed by atoms with Gasteiger partial charge in [0.25, 0.3) is 0 Å². The Hall–Kier alpha value is 0.430. The Bertz CT molecular complexity index is 270. The van der Waals surface area contributed by atoms with E-state index in [0.29, 0.717) is 9.65 Å². The van der Waals surface area contributed by atoms with Crippen molar-refractivity contribution >= 4 is 37.8 Å². The third kappa shape index (κ3) is 1.14. The summed E-state index contributed by atoms with van der Waals surface area (Å²) in [6.07, 6.45) is 1.93. The van der Waals surface area contributed by atoms with Crippen molar-refractivity contribution < 1.29 is 4.79 Å². The molecule has 0 radical (unpaired) electrons. The zero-order valence-corrected chi connectivity index (χ0v) is 10.9. The Balaban J connectivity index is 2.27. The summed E-state index contributed by atoms with van der Waals surface area (Å²) in [6.45, 7) is 4.21. The fraction of sp³-hybridized carbons (Fsp3) is 0.889. The SMILES string of the molecule is C[C@@]12C[C@H](Br)[C@H](Br)C[C@]1(C)NC2=O. The summed E-state index contributed by atoms with van der Waals surface area (Å²) in [6, 6.07) is 0. The summed E-state index contributed by atoms with van der Waals surface area (Å²) in [5.41, 5.74) is -0.159. The van der Waals surface area contributed by atoms with Crippen LogP contribution >= 0.6 is 31.9 Å². The molecule has 1 saturated carbocycles. The molecule has 74 valence electrons. The molecule has 1 saturated heterocycles. The average Bonchev–Trinajstić information content (AvgIpc) is 2.01. The van der Waals surface area contributed by atoms with Crippen molar-refractivity contribution in [1.82, 2.24) is 5.32 Å². The van der Waals surface area contributed by atoms with E-state index in [2.05, 4.69) is 51.0 Å². The molecule has 0 spiro atoms. The van der Waals surface area contributed by atoms with Crippen LogP contribution < -0.4 is 5.32 Å². The molecule has 1 aliphatic carbocycles. The van der Waals surface area contributed by atoms with Gasteiger partial charge in [0.1, 0.15) is 0 Å². The molecule has 0 aromatic rings. The van der Waals surface area contributed by atoms with Gasteiger partial charge in [0.2, 0.25) is 5.91 Å². The molecular weight excluding hydrogens is 298 g/mol. The predicted octanol–water partition coefficient (Wildman–Crippen LogP) is 2.20. The van der Waals surface area contributed by atoms with Crippen LogP contribution in [-0.4, -0.2) is 21.1 Å². The van der Waals surface area contributed by atoms with Gasteiger partial charge in [-0.25, -0.2) is 0 Å². The smallest absolute Gasteiger partial charge is 0.228 e. The first kappa shape index (κ1) is 9.97. The van der Waals surface area contributed by atoms with Gasteiger partial charge in [0.15, 0.2) is 0 Å². The van der Waals surface area contributed by atoms with Crippen LogP contribution in [0, 0.1) is 5.41 Å². The maximum Gasteiger partial charge on any atom is 0.228 e. The summed E-state index contributed by atoms with van der Waals surface area (Å²) < 4.78 is 0. The summed E-state index contributed by atoms with van der Waals surface area (Å²) in [5, 5.41) is 3.02. The second-order valence-corrected chi connectivity index (χ2v) is 6.91. The van der Waals surface area contributed by atoms with E-state index >= 15 is 0 Å². The summed E-state index contributed by atoms with van der Waals surface area (Å²) in [4.78, 5) is 12.4. The van der Waals surface area contributed by atoms with E-state index in [0.717, 1.165) is 12.8 Å². The van der Waals surface area contributed by atoms with Crippen molar-refractivity contribution in [3.63, 3.8) is 0 Å². The molecule has 0 unspecified atom stereocenters. The van der Waals surface area contributed by atoms with E-state index in [9.17, 15) is 4.79 Å². The van der Waals surface area contributed by atoms with Gasteiger partial charge in [0, 0.05) is 9.65 Å². The van der Waals surface area contributed by atoms with Gasteiger partial charge in [0.05, 0.1) is 11.0 Å². The van der Waals surface area contributed by atoms with Gasteiger partial charge in [-0.05, 0) is 26.7 Å². The second kappa shape index (κ2) is 2.72. The first-order chi connectivity index (χ1) is 5.89.